The van der Waals surface area contributed by atoms with Gasteiger partial charge in [-0.25, -0.2) is 29.5 Å². The van der Waals surface area contributed by atoms with Gasteiger partial charge in [0, 0.05) is 76.9 Å². The molecule has 15 nitrogen and oxygen atoms in total. The number of H-pyrrole nitrogens is 1. The molecule has 7 aromatic rings. The molecule has 436 valence electrons. The molecule has 4 atom stereocenters. The fraction of sp³-hybridized carbons (Fsp3) is 0.415. The van der Waals surface area contributed by atoms with Crippen molar-refractivity contribution < 1.29 is 19.1 Å². The summed E-state index contributed by atoms with van der Waals surface area (Å²) in [6.07, 6.45) is 16.3. The van der Waals surface area contributed by atoms with Crippen molar-refractivity contribution in [3.8, 4) is 11.3 Å². The van der Waals surface area contributed by atoms with Crippen molar-refractivity contribution in [2.24, 2.45) is 0 Å². The fourth-order valence-electron chi connectivity index (χ4n) is 10.8. The second kappa shape index (κ2) is 27.8. The normalized spacial score (nSPS) is 17.7. The third-order valence-electron chi connectivity index (χ3n) is 14.7. The Balaban J connectivity index is 0.000000230. The van der Waals surface area contributed by atoms with Crippen LogP contribution in [0.4, 0.5) is 32.9 Å². The first-order chi connectivity index (χ1) is 38.3. The molecular formula is C65H83Cl2N11O4. The number of hydrogen-bond donors (Lipinski definition) is 5. The summed E-state index contributed by atoms with van der Waals surface area (Å²) >= 11 is 13.1. The molecule has 3 heterocycles. The molecule has 0 aliphatic heterocycles. The molecule has 2 amide bonds. The number of hydrogen-bond acceptors (Lipinski definition) is 12. The van der Waals surface area contributed by atoms with Gasteiger partial charge in [0.25, 0.3) is 0 Å². The first-order valence-electron chi connectivity index (χ1n) is 27.8. The monoisotopic (exact) mass is 1150 g/mol. The van der Waals surface area contributed by atoms with E-state index in [0.29, 0.717) is 40.1 Å². The van der Waals surface area contributed by atoms with Crippen molar-refractivity contribution in [2.75, 3.05) is 35.4 Å². The topological polar surface area (TPSA) is 175 Å². The summed E-state index contributed by atoms with van der Waals surface area (Å²) in [5.74, 6) is 1.23. The number of aromatic amines is 1. The Bertz CT molecular complexity index is 3280. The van der Waals surface area contributed by atoms with Gasteiger partial charge in [0.15, 0.2) is 0 Å². The molecule has 3 aliphatic carbocycles. The predicted molar refractivity (Wildman–Crippen MR) is 337 cm³/mol. The smallest absolute Gasteiger partial charge is 0.412 e. The lowest BCUT2D eigenvalue weighted by Crippen LogP contribution is -2.40. The van der Waals surface area contributed by atoms with Crippen LogP contribution >= 0.6 is 23.2 Å². The van der Waals surface area contributed by atoms with E-state index in [1.807, 2.05) is 90.2 Å². The van der Waals surface area contributed by atoms with Crippen molar-refractivity contribution in [1.29, 1.82) is 0 Å². The summed E-state index contributed by atoms with van der Waals surface area (Å²) in [7, 11) is 4.36. The van der Waals surface area contributed by atoms with Gasteiger partial charge >= 0.3 is 12.2 Å². The molecule has 3 aliphatic rings. The Kier molecular flexibility index (Phi) is 21.2. The number of rotatable bonds is 14. The third-order valence-corrected chi connectivity index (χ3v) is 15.2. The van der Waals surface area contributed by atoms with E-state index in [-0.39, 0.29) is 20.9 Å². The standard InChI is InChI=1S/C32H38ClN5O2.C31H37ClN6O2.2CH4/c1-32(2,3)40-31(39)36-23-15-12-21(13-16-23)20-38(4)25-10-7-9-24(18-25)35-30-34-19-28(33)29(37-30)27-17-14-22-8-5-6-11-26(22)27;1-31(2,3)40-30(39)36-21-14-12-20(13-15-21)19-38(4)23-9-7-8-22(16-23)35-29-34-18-26(32)28(37-29)25-17-33-27-11-6-5-10-24(25)27;;/h5-6,8,11-13,15-17,19,24-25H,7,9-10,14,18,20H2,1-4H3,(H,36,39)(H,34,35,37);5-6,10-15,17-18,22-23,33H,7-9,16,19H2,1-4H3,(H,36,39)(H,34,35,37);2*1H4/t24-,25+;22-,23+;;/m11../s1. The number of ether oxygens (including phenoxy) is 2. The highest BCUT2D eigenvalue weighted by Crippen LogP contribution is 2.37. The molecule has 82 heavy (non-hydrogen) atoms. The van der Waals surface area contributed by atoms with Gasteiger partial charge in [0.2, 0.25) is 11.9 Å². The number of fused-ring (bicyclic) bond motifs is 2. The first-order valence-corrected chi connectivity index (χ1v) is 28.6. The lowest BCUT2D eigenvalue weighted by molar-refractivity contribution is 0.0624. The van der Waals surface area contributed by atoms with Gasteiger partial charge in [-0.3, -0.25) is 20.4 Å². The number of benzene rings is 4. The maximum atomic E-state index is 12.0. The van der Waals surface area contributed by atoms with Crippen molar-refractivity contribution in [1.82, 2.24) is 34.7 Å². The first kappa shape index (κ1) is 62.6. The van der Waals surface area contributed by atoms with Gasteiger partial charge in [0.05, 0.1) is 33.8 Å². The molecule has 2 fully saturated rings. The molecule has 0 bridgehead atoms. The molecule has 0 spiro atoms. The van der Waals surface area contributed by atoms with Crippen LogP contribution in [0, 0.1) is 0 Å². The number of carbonyl (C=O) groups is 2. The fourth-order valence-corrected chi connectivity index (χ4v) is 11.2. The van der Waals surface area contributed by atoms with Gasteiger partial charge in [-0.15, -0.1) is 0 Å². The number of allylic oxidation sites excluding steroid dienone is 1. The summed E-state index contributed by atoms with van der Waals surface area (Å²) in [6.45, 7) is 12.8. The number of halogens is 2. The zero-order valence-corrected chi connectivity index (χ0v) is 48.7. The number of para-hydroxylation sites is 1. The van der Waals surface area contributed by atoms with Crippen LogP contribution in [0.15, 0.2) is 122 Å². The Morgan fingerprint density at radius 2 is 1.10 bits per heavy atom. The molecule has 0 saturated heterocycles. The number of carbonyl (C=O) groups excluding carboxylic acids is 2. The van der Waals surface area contributed by atoms with E-state index in [1.165, 1.54) is 22.3 Å². The molecule has 2 saturated carbocycles. The largest absolute Gasteiger partial charge is 0.444 e. The van der Waals surface area contributed by atoms with Gasteiger partial charge in [0.1, 0.15) is 11.2 Å². The number of nitrogens with one attached hydrogen (secondary N) is 5. The van der Waals surface area contributed by atoms with Crippen LogP contribution in [0.5, 0.6) is 0 Å². The molecule has 4 aromatic carbocycles. The van der Waals surface area contributed by atoms with Gasteiger partial charge in [-0.2, -0.15) is 0 Å². The molecule has 3 aromatic heterocycles. The predicted octanol–water partition coefficient (Wildman–Crippen LogP) is 16.1. The zero-order chi connectivity index (χ0) is 56.6. The third kappa shape index (κ3) is 17.0. The Morgan fingerprint density at radius 1 is 0.622 bits per heavy atom. The average Bonchev–Trinajstić information content (AvgIpc) is 4.12. The molecule has 0 radical (unpaired) electrons. The maximum Gasteiger partial charge on any atom is 0.412 e. The molecular weight excluding hydrogens is 1070 g/mol. The van der Waals surface area contributed by atoms with Crippen molar-refractivity contribution in [3.05, 3.63) is 160 Å². The highest BCUT2D eigenvalue weighted by Gasteiger charge is 2.29. The SMILES string of the molecule is C.C.CN(Cc1ccc(NC(=O)OC(C)(C)C)cc1)[C@H]1CCC[C@@H](Nc2ncc(Cl)c(-c3c[nH]c4ccccc34)n2)C1.CN(Cc1ccc(NC(=O)OC(C)(C)C)cc1)[C@H]1CCC[C@@H](Nc2ncc(Cl)c(C3=CCc4ccccc43)n2)C1. The van der Waals surface area contributed by atoms with E-state index >= 15 is 0 Å². The summed E-state index contributed by atoms with van der Waals surface area (Å²) in [5.41, 5.74) is 9.90. The zero-order valence-electron chi connectivity index (χ0n) is 47.2. The number of amides is 2. The van der Waals surface area contributed by atoms with E-state index in [2.05, 4.69) is 121 Å². The van der Waals surface area contributed by atoms with E-state index in [0.717, 1.165) is 116 Å². The minimum Gasteiger partial charge on any atom is -0.444 e. The van der Waals surface area contributed by atoms with Gasteiger partial charge in [-0.1, -0.05) is 111 Å². The minimum atomic E-state index is -0.529. The van der Waals surface area contributed by atoms with Crippen molar-refractivity contribution in [3.63, 3.8) is 0 Å². The summed E-state index contributed by atoms with van der Waals surface area (Å²) in [6, 6.07) is 33.9. The summed E-state index contributed by atoms with van der Waals surface area (Å²) in [4.78, 5) is 50.9. The average molecular weight is 1150 g/mol. The van der Waals surface area contributed by atoms with Crippen molar-refractivity contribution in [2.45, 2.75) is 163 Å². The number of anilines is 4. The van der Waals surface area contributed by atoms with E-state index < -0.39 is 23.4 Å². The molecule has 17 heteroatoms. The Hall–Kier alpha value is -7.04. The summed E-state index contributed by atoms with van der Waals surface area (Å²) in [5, 5.41) is 15.0. The molecule has 10 rings (SSSR count). The van der Waals surface area contributed by atoms with Gasteiger partial charge in [-0.05, 0) is 166 Å². The Labute approximate surface area is 495 Å². The quantitative estimate of drug-likeness (QED) is 0.0698. The second-order valence-electron chi connectivity index (χ2n) is 23.3. The van der Waals surface area contributed by atoms with Crippen LogP contribution in [0.25, 0.3) is 27.7 Å². The molecule has 0 unspecified atom stereocenters. The minimum absolute atomic E-state index is 0. The molecule has 5 N–H and O–H groups in total. The van der Waals surface area contributed by atoms with Crippen LogP contribution in [-0.4, -0.2) is 96.4 Å². The van der Waals surface area contributed by atoms with Crippen LogP contribution in [0.2, 0.25) is 10.0 Å². The van der Waals surface area contributed by atoms with E-state index in [9.17, 15) is 9.59 Å². The summed E-state index contributed by atoms with van der Waals surface area (Å²) < 4.78 is 10.7. The second-order valence-corrected chi connectivity index (χ2v) is 24.1. The van der Waals surface area contributed by atoms with Crippen LogP contribution in [0.3, 0.4) is 0 Å². The van der Waals surface area contributed by atoms with Crippen LogP contribution in [-0.2, 0) is 29.0 Å². The van der Waals surface area contributed by atoms with E-state index in [1.54, 1.807) is 12.4 Å². The number of nitrogens with zero attached hydrogens (tertiary/aromatic N) is 6. The highest BCUT2D eigenvalue weighted by atomic mass is 35.5. The maximum absolute atomic E-state index is 12.0. The van der Waals surface area contributed by atoms with Crippen LogP contribution in [0.1, 0.15) is 136 Å². The lowest BCUT2D eigenvalue weighted by Gasteiger charge is -2.35. The lowest BCUT2D eigenvalue weighted by atomic mass is 9.90. The van der Waals surface area contributed by atoms with Gasteiger partial charge < -0.3 is 25.1 Å². The van der Waals surface area contributed by atoms with Crippen LogP contribution < -0.4 is 21.3 Å². The highest BCUT2D eigenvalue weighted by molar-refractivity contribution is 6.33. The Morgan fingerprint density at radius 3 is 1.62 bits per heavy atom. The van der Waals surface area contributed by atoms with Crippen molar-refractivity contribution >= 4 is 75.1 Å². The van der Waals surface area contributed by atoms with E-state index in [4.69, 9.17) is 42.6 Å². The number of aromatic nitrogens is 5.